The van der Waals surface area contributed by atoms with Crippen molar-refractivity contribution in [2.24, 2.45) is 5.92 Å². The molecule has 2 aliphatic rings. The SMILES string of the molecule is O=C(Nc1ccc(-c2ncc3n2CCCC3)cc1)C1CC1c1ccccc1Cl. The molecule has 0 radical (unpaired) electrons. The standard InChI is InChI=1S/C23H22ClN3O/c24-21-7-2-1-6-18(21)19-13-20(19)23(28)26-16-10-8-15(9-11-16)22-25-14-17-5-3-4-12-27(17)22/h1-2,6-11,14,19-20H,3-5,12-13H2,(H,26,28). The van der Waals surface area contributed by atoms with Crippen molar-refractivity contribution in [1.29, 1.82) is 0 Å². The second-order valence-electron chi connectivity index (χ2n) is 7.72. The average Bonchev–Trinajstić information content (AvgIpc) is 3.40. The molecule has 1 aromatic heterocycles. The van der Waals surface area contributed by atoms with E-state index >= 15 is 0 Å². The van der Waals surface area contributed by atoms with E-state index < -0.39 is 0 Å². The number of halogens is 1. The number of aryl methyl sites for hydroxylation is 1. The van der Waals surface area contributed by atoms with Gasteiger partial charge in [-0.15, -0.1) is 0 Å². The molecule has 5 rings (SSSR count). The van der Waals surface area contributed by atoms with E-state index in [-0.39, 0.29) is 17.7 Å². The number of carbonyl (C=O) groups is 1. The van der Waals surface area contributed by atoms with Crippen molar-refractivity contribution in [2.75, 3.05) is 5.32 Å². The zero-order chi connectivity index (χ0) is 19.1. The Morgan fingerprint density at radius 3 is 2.75 bits per heavy atom. The number of anilines is 1. The second kappa shape index (κ2) is 7.10. The van der Waals surface area contributed by atoms with Crippen LogP contribution in [0.3, 0.4) is 0 Å². The maximum atomic E-state index is 12.6. The van der Waals surface area contributed by atoms with E-state index in [0.717, 1.165) is 47.0 Å². The summed E-state index contributed by atoms with van der Waals surface area (Å²) in [7, 11) is 0. The molecule has 3 aromatic rings. The van der Waals surface area contributed by atoms with E-state index in [1.54, 1.807) is 0 Å². The van der Waals surface area contributed by atoms with Gasteiger partial charge in [0.2, 0.25) is 5.91 Å². The molecule has 2 aromatic carbocycles. The van der Waals surface area contributed by atoms with Gasteiger partial charge in [-0.1, -0.05) is 29.8 Å². The van der Waals surface area contributed by atoms with Crippen LogP contribution in [0, 0.1) is 5.92 Å². The minimum Gasteiger partial charge on any atom is -0.328 e. The van der Waals surface area contributed by atoms with Gasteiger partial charge in [0, 0.05) is 40.6 Å². The van der Waals surface area contributed by atoms with Gasteiger partial charge < -0.3 is 9.88 Å². The van der Waals surface area contributed by atoms with Gasteiger partial charge in [-0.3, -0.25) is 4.79 Å². The third kappa shape index (κ3) is 3.22. The highest BCUT2D eigenvalue weighted by molar-refractivity contribution is 6.31. The van der Waals surface area contributed by atoms with E-state index in [4.69, 9.17) is 11.6 Å². The van der Waals surface area contributed by atoms with Crippen molar-refractivity contribution >= 4 is 23.2 Å². The van der Waals surface area contributed by atoms with Crippen molar-refractivity contribution in [1.82, 2.24) is 9.55 Å². The zero-order valence-corrected chi connectivity index (χ0v) is 16.3. The third-order valence-corrected chi connectivity index (χ3v) is 6.19. The molecular formula is C23H22ClN3O. The molecule has 0 saturated heterocycles. The Labute approximate surface area is 169 Å². The van der Waals surface area contributed by atoms with Crippen molar-refractivity contribution in [3.63, 3.8) is 0 Å². The fourth-order valence-electron chi connectivity index (χ4n) is 4.21. The summed E-state index contributed by atoms with van der Waals surface area (Å²) in [5, 5.41) is 3.79. The summed E-state index contributed by atoms with van der Waals surface area (Å²) < 4.78 is 2.31. The molecule has 142 valence electrons. The topological polar surface area (TPSA) is 46.9 Å². The summed E-state index contributed by atoms with van der Waals surface area (Å²) in [6, 6.07) is 15.8. The number of hydrogen-bond acceptors (Lipinski definition) is 2. The van der Waals surface area contributed by atoms with Crippen LogP contribution in [-0.2, 0) is 17.8 Å². The summed E-state index contributed by atoms with van der Waals surface area (Å²) >= 11 is 6.27. The highest BCUT2D eigenvalue weighted by Gasteiger charge is 2.44. The largest absolute Gasteiger partial charge is 0.328 e. The molecule has 5 heteroatoms. The number of nitrogens with zero attached hydrogens (tertiary/aromatic N) is 2. The summed E-state index contributed by atoms with van der Waals surface area (Å²) in [4.78, 5) is 17.2. The van der Waals surface area contributed by atoms with Crippen molar-refractivity contribution < 1.29 is 4.79 Å². The minimum atomic E-state index is -0.00103. The molecule has 1 amide bonds. The lowest BCUT2D eigenvalue weighted by atomic mass is 10.1. The van der Waals surface area contributed by atoms with Crippen molar-refractivity contribution in [3.05, 3.63) is 71.0 Å². The first kappa shape index (κ1) is 17.5. The number of hydrogen-bond donors (Lipinski definition) is 1. The van der Waals surface area contributed by atoms with Gasteiger partial charge in [0.05, 0.1) is 0 Å². The Kier molecular flexibility index (Phi) is 4.44. The second-order valence-corrected chi connectivity index (χ2v) is 8.13. The maximum absolute atomic E-state index is 12.6. The molecule has 28 heavy (non-hydrogen) atoms. The normalized spacial score (nSPS) is 20.5. The number of nitrogens with one attached hydrogen (secondary N) is 1. The molecule has 2 heterocycles. The van der Waals surface area contributed by atoms with Crippen LogP contribution in [0.1, 0.15) is 36.4 Å². The molecular weight excluding hydrogens is 370 g/mol. The molecule has 1 aliphatic carbocycles. The van der Waals surface area contributed by atoms with Crippen LogP contribution in [0.2, 0.25) is 5.02 Å². The first-order valence-electron chi connectivity index (χ1n) is 9.91. The summed E-state index contributed by atoms with van der Waals surface area (Å²) in [6.07, 6.45) is 6.40. The molecule has 2 unspecified atom stereocenters. The van der Waals surface area contributed by atoms with Gasteiger partial charge in [0.1, 0.15) is 5.82 Å². The predicted octanol–water partition coefficient (Wildman–Crippen LogP) is 5.28. The number of rotatable bonds is 4. The van der Waals surface area contributed by atoms with Crippen LogP contribution < -0.4 is 5.32 Å². The maximum Gasteiger partial charge on any atom is 0.228 e. The fraction of sp³-hybridized carbons (Fsp3) is 0.304. The molecule has 1 N–H and O–H groups in total. The molecule has 1 aliphatic heterocycles. The van der Waals surface area contributed by atoms with E-state index in [2.05, 4.69) is 14.9 Å². The highest BCUT2D eigenvalue weighted by atomic mass is 35.5. The molecule has 0 bridgehead atoms. The van der Waals surface area contributed by atoms with Crippen molar-refractivity contribution in [3.8, 4) is 11.4 Å². The molecule has 2 atom stereocenters. The number of carbonyl (C=O) groups excluding carboxylic acids is 1. The van der Waals surface area contributed by atoms with Crippen LogP contribution in [-0.4, -0.2) is 15.5 Å². The molecule has 1 fully saturated rings. The Bertz CT molecular complexity index is 1020. The lowest BCUT2D eigenvalue weighted by Crippen LogP contribution is -2.14. The van der Waals surface area contributed by atoms with E-state index in [0.29, 0.717) is 0 Å². The van der Waals surface area contributed by atoms with Crippen molar-refractivity contribution in [2.45, 2.75) is 38.1 Å². The Morgan fingerprint density at radius 2 is 1.93 bits per heavy atom. The predicted molar refractivity (Wildman–Crippen MR) is 112 cm³/mol. The number of aromatic nitrogens is 2. The third-order valence-electron chi connectivity index (χ3n) is 5.85. The fourth-order valence-corrected chi connectivity index (χ4v) is 4.48. The zero-order valence-electron chi connectivity index (χ0n) is 15.6. The van der Waals surface area contributed by atoms with Crippen LogP contribution >= 0.6 is 11.6 Å². The van der Waals surface area contributed by atoms with Gasteiger partial charge in [0.25, 0.3) is 0 Å². The number of imidazole rings is 1. The smallest absolute Gasteiger partial charge is 0.228 e. The highest BCUT2D eigenvalue weighted by Crippen LogP contribution is 2.50. The number of fused-ring (bicyclic) bond motifs is 1. The van der Waals surface area contributed by atoms with Crippen LogP contribution in [0.4, 0.5) is 5.69 Å². The lowest BCUT2D eigenvalue weighted by molar-refractivity contribution is -0.117. The first-order valence-corrected chi connectivity index (χ1v) is 10.3. The van der Waals surface area contributed by atoms with Gasteiger partial charge in [-0.2, -0.15) is 0 Å². The number of benzene rings is 2. The Morgan fingerprint density at radius 1 is 1.11 bits per heavy atom. The number of amides is 1. The lowest BCUT2D eigenvalue weighted by Gasteiger charge is -2.16. The van der Waals surface area contributed by atoms with Gasteiger partial charge in [-0.05, 0) is 67.5 Å². The average molecular weight is 392 g/mol. The Hall–Kier alpha value is -2.59. The quantitative estimate of drug-likeness (QED) is 0.657. The molecule has 4 nitrogen and oxygen atoms in total. The van der Waals surface area contributed by atoms with E-state index in [9.17, 15) is 4.79 Å². The van der Waals surface area contributed by atoms with Crippen LogP contribution in [0.5, 0.6) is 0 Å². The minimum absolute atomic E-state index is 0.00103. The van der Waals surface area contributed by atoms with E-state index in [1.807, 2.05) is 54.7 Å². The summed E-state index contributed by atoms with van der Waals surface area (Å²) in [6.45, 7) is 1.04. The Balaban J connectivity index is 1.27. The summed E-state index contributed by atoms with van der Waals surface area (Å²) in [5.74, 6) is 1.31. The van der Waals surface area contributed by atoms with E-state index in [1.165, 1.54) is 18.5 Å². The van der Waals surface area contributed by atoms with Crippen LogP contribution in [0.25, 0.3) is 11.4 Å². The summed E-state index contributed by atoms with van der Waals surface area (Å²) in [5.41, 5.74) is 4.30. The monoisotopic (exact) mass is 391 g/mol. The van der Waals surface area contributed by atoms with Gasteiger partial charge >= 0.3 is 0 Å². The first-order chi connectivity index (χ1) is 13.7. The van der Waals surface area contributed by atoms with Gasteiger partial charge in [0.15, 0.2) is 0 Å². The molecule has 0 spiro atoms. The van der Waals surface area contributed by atoms with Crippen LogP contribution in [0.15, 0.2) is 54.7 Å². The molecule has 1 saturated carbocycles. The van der Waals surface area contributed by atoms with Gasteiger partial charge in [-0.25, -0.2) is 4.98 Å².